The fourth-order valence-corrected chi connectivity index (χ4v) is 4.52. The maximum atomic E-state index is 13.0. The molecule has 0 bridgehead atoms. The largest absolute Gasteiger partial charge is 0.493 e. The number of benzene rings is 3. The number of ether oxygens (including phenoxy) is 2. The summed E-state index contributed by atoms with van der Waals surface area (Å²) >= 11 is 0. The zero-order valence-electron chi connectivity index (χ0n) is 22.8. The molecule has 0 aliphatic heterocycles. The molecule has 0 amide bonds. The molecule has 39 heavy (non-hydrogen) atoms. The second kappa shape index (κ2) is 12.5. The average molecular weight is 529 g/mol. The first-order chi connectivity index (χ1) is 18.8. The van der Waals surface area contributed by atoms with E-state index >= 15 is 0 Å². The van der Waals surface area contributed by atoms with E-state index in [4.69, 9.17) is 9.47 Å². The third-order valence-corrected chi connectivity index (χ3v) is 6.68. The van der Waals surface area contributed by atoms with Crippen LogP contribution in [-0.4, -0.2) is 32.4 Å². The SMILES string of the molecule is CCCn1c(CCOc2ccc(CC(C)(Oc3ccccc3)C(=O)O)cc2)cn(Cc2ccc(C)cc2)c1=O. The molecule has 7 nitrogen and oxygen atoms in total. The van der Waals surface area contributed by atoms with Gasteiger partial charge in [-0.25, -0.2) is 9.59 Å². The molecule has 3 aromatic carbocycles. The number of carboxylic acid groups (broad SMARTS) is 1. The predicted octanol–water partition coefficient (Wildman–Crippen LogP) is 5.50. The van der Waals surface area contributed by atoms with Crippen LogP contribution in [0, 0.1) is 6.92 Å². The summed E-state index contributed by atoms with van der Waals surface area (Å²) in [6.45, 7) is 7.30. The Balaban J connectivity index is 1.38. The van der Waals surface area contributed by atoms with Crippen LogP contribution < -0.4 is 15.2 Å². The number of nitrogens with zero attached hydrogens (tertiary/aromatic N) is 2. The summed E-state index contributed by atoms with van der Waals surface area (Å²) in [6.07, 6.45) is 3.60. The van der Waals surface area contributed by atoms with E-state index in [9.17, 15) is 14.7 Å². The minimum absolute atomic E-state index is 0.00372. The zero-order chi connectivity index (χ0) is 27.8. The lowest BCUT2D eigenvalue weighted by Crippen LogP contribution is -2.43. The van der Waals surface area contributed by atoms with Crippen LogP contribution in [0.25, 0.3) is 0 Å². The van der Waals surface area contributed by atoms with E-state index in [1.54, 1.807) is 23.6 Å². The van der Waals surface area contributed by atoms with Gasteiger partial charge in [0, 0.05) is 31.3 Å². The molecule has 1 aromatic heterocycles. The summed E-state index contributed by atoms with van der Waals surface area (Å²) in [6, 6.07) is 24.6. The van der Waals surface area contributed by atoms with Crippen molar-refractivity contribution in [2.45, 2.75) is 58.7 Å². The maximum absolute atomic E-state index is 13.0. The fourth-order valence-electron chi connectivity index (χ4n) is 4.52. The van der Waals surface area contributed by atoms with E-state index in [1.165, 1.54) is 5.56 Å². The van der Waals surface area contributed by atoms with E-state index in [-0.39, 0.29) is 12.1 Å². The van der Waals surface area contributed by atoms with Crippen molar-refractivity contribution in [3.63, 3.8) is 0 Å². The number of para-hydroxylation sites is 1. The first kappa shape index (κ1) is 27.8. The van der Waals surface area contributed by atoms with E-state index in [0.717, 1.165) is 23.2 Å². The number of carboxylic acids is 1. The normalized spacial score (nSPS) is 12.6. The van der Waals surface area contributed by atoms with Gasteiger partial charge in [-0.1, -0.05) is 67.1 Å². The van der Waals surface area contributed by atoms with Gasteiger partial charge < -0.3 is 14.6 Å². The Morgan fingerprint density at radius 3 is 2.23 bits per heavy atom. The van der Waals surface area contributed by atoms with Gasteiger partial charge >= 0.3 is 11.7 Å². The Bertz CT molecular complexity index is 1420. The fraction of sp³-hybridized carbons (Fsp3) is 0.312. The molecule has 204 valence electrons. The molecular weight excluding hydrogens is 492 g/mol. The number of aliphatic carboxylic acids is 1. The minimum atomic E-state index is -1.40. The Kier molecular flexibility index (Phi) is 8.92. The highest BCUT2D eigenvalue weighted by atomic mass is 16.5. The molecular formula is C32H36N2O5. The molecule has 1 heterocycles. The molecule has 0 aliphatic carbocycles. The summed E-state index contributed by atoms with van der Waals surface area (Å²) in [5, 5.41) is 9.83. The highest BCUT2D eigenvalue weighted by molar-refractivity contribution is 5.78. The van der Waals surface area contributed by atoms with Crippen LogP contribution in [0.3, 0.4) is 0 Å². The van der Waals surface area contributed by atoms with Gasteiger partial charge in [-0.15, -0.1) is 0 Å². The molecule has 0 radical (unpaired) electrons. The number of aromatic nitrogens is 2. The van der Waals surface area contributed by atoms with Crippen LogP contribution in [0.2, 0.25) is 0 Å². The van der Waals surface area contributed by atoms with Gasteiger partial charge in [0.1, 0.15) is 11.5 Å². The van der Waals surface area contributed by atoms with E-state index in [0.29, 0.717) is 37.6 Å². The predicted molar refractivity (Wildman–Crippen MR) is 152 cm³/mol. The van der Waals surface area contributed by atoms with E-state index < -0.39 is 11.6 Å². The van der Waals surface area contributed by atoms with Crippen molar-refractivity contribution in [1.82, 2.24) is 9.13 Å². The van der Waals surface area contributed by atoms with E-state index in [2.05, 4.69) is 31.2 Å². The molecule has 7 heteroatoms. The molecule has 0 aliphatic rings. The van der Waals surface area contributed by atoms with Crippen LogP contribution in [0.5, 0.6) is 11.5 Å². The van der Waals surface area contributed by atoms with Crippen LogP contribution in [-0.2, 0) is 30.7 Å². The topological polar surface area (TPSA) is 82.7 Å². The molecule has 1 N–H and O–H groups in total. The molecule has 1 atom stereocenters. The van der Waals surface area contributed by atoms with Crippen molar-refractivity contribution >= 4 is 5.97 Å². The summed E-state index contributed by atoms with van der Waals surface area (Å²) < 4.78 is 15.4. The highest BCUT2D eigenvalue weighted by Gasteiger charge is 2.36. The Labute approximate surface area is 229 Å². The number of carbonyl (C=O) groups is 1. The zero-order valence-corrected chi connectivity index (χ0v) is 22.8. The summed E-state index contributed by atoms with van der Waals surface area (Å²) in [7, 11) is 0. The van der Waals surface area contributed by atoms with Crippen molar-refractivity contribution in [3.05, 3.63) is 118 Å². The number of hydrogen-bond donors (Lipinski definition) is 1. The quantitative estimate of drug-likeness (QED) is 0.248. The number of aryl methyl sites for hydroxylation is 1. The molecule has 4 aromatic rings. The van der Waals surface area contributed by atoms with Crippen molar-refractivity contribution < 1.29 is 19.4 Å². The Morgan fingerprint density at radius 1 is 0.923 bits per heavy atom. The Morgan fingerprint density at radius 2 is 1.59 bits per heavy atom. The van der Waals surface area contributed by atoms with Crippen LogP contribution in [0.15, 0.2) is 89.9 Å². The van der Waals surface area contributed by atoms with Crippen LogP contribution in [0.1, 0.15) is 42.7 Å². The van der Waals surface area contributed by atoms with Crippen molar-refractivity contribution in [2.24, 2.45) is 0 Å². The van der Waals surface area contributed by atoms with Crippen molar-refractivity contribution in [2.75, 3.05) is 6.61 Å². The van der Waals surface area contributed by atoms with E-state index in [1.807, 2.05) is 60.2 Å². The monoisotopic (exact) mass is 528 g/mol. The molecule has 0 saturated heterocycles. The van der Waals surface area contributed by atoms with Gasteiger partial charge in [0.05, 0.1) is 13.2 Å². The molecule has 0 fully saturated rings. The summed E-state index contributed by atoms with van der Waals surface area (Å²) in [5.41, 5.74) is 2.65. The summed E-state index contributed by atoms with van der Waals surface area (Å²) in [4.78, 5) is 25.0. The van der Waals surface area contributed by atoms with Gasteiger partial charge in [0.25, 0.3) is 0 Å². The van der Waals surface area contributed by atoms with Crippen molar-refractivity contribution in [1.29, 1.82) is 0 Å². The molecule has 0 spiro atoms. The highest BCUT2D eigenvalue weighted by Crippen LogP contribution is 2.24. The first-order valence-corrected chi connectivity index (χ1v) is 13.3. The van der Waals surface area contributed by atoms with Gasteiger partial charge in [0.15, 0.2) is 0 Å². The lowest BCUT2D eigenvalue weighted by molar-refractivity contribution is -0.153. The first-order valence-electron chi connectivity index (χ1n) is 13.3. The van der Waals surface area contributed by atoms with Crippen LogP contribution >= 0.6 is 0 Å². The van der Waals surface area contributed by atoms with Crippen LogP contribution in [0.4, 0.5) is 0 Å². The number of rotatable bonds is 13. The van der Waals surface area contributed by atoms with Crippen molar-refractivity contribution in [3.8, 4) is 11.5 Å². The summed E-state index contributed by atoms with van der Waals surface area (Å²) in [5.74, 6) is 0.166. The second-order valence-corrected chi connectivity index (χ2v) is 10.0. The third-order valence-electron chi connectivity index (χ3n) is 6.68. The van der Waals surface area contributed by atoms with Gasteiger partial charge in [-0.3, -0.25) is 9.13 Å². The van der Waals surface area contributed by atoms with Gasteiger partial charge in [-0.2, -0.15) is 0 Å². The third kappa shape index (κ3) is 7.19. The molecule has 0 saturated carbocycles. The smallest absolute Gasteiger partial charge is 0.348 e. The maximum Gasteiger partial charge on any atom is 0.348 e. The number of hydrogen-bond acceptors (Lipinski definition) is 4. The average Bonchev–Trinajstić information content (AvgIpc) is 3.21. The Hall–Kier alpha value is -4.26. The molecule has 4 rings (SSSR count). The second-order valence-electron chi connectivity index (χ2n) is 10.0. The number of imidazole rings is 1. The molecule has 1 unspecified atom stereocenters. The van der Waals surface area contributed by atoms with Gasteiger partial charge in [-0.05, 0) is 55.7 Å². The minimum Gasteiger partial charge on any atom is -0.493 e. The lowest BCUT2D eigenvalue weighted by Gasteiger charge is -2.26. The van der Waals surface area contributed by atoms with Gasteiger partial charge in [0.2, 0.25) is 5.60 Å². The lowest BCUT2D eigenvalue weighted by atomic mass is 9.96. The standard InChI is InChI=1S/C32H36N2O5/c1-4-19-34-27(23-33(31(34)37)22-26-12-10-24(2)11-13-26)18-20-38-28-16-14-25(15-17-28)21-32(3,30(35)36)39-29-8-6-5-7-9-29/h5-17,23H,4,18-22H2,1-3H3,(H,35,36).